The van der Waals surface area contributed by atoms with Crippen LogP contribution >= 0.6 is 11.6 Å². The summed E-state index contributed by atoms with van der Waals surface area (Å²) < 4.78 is 44.3. The van der Waals surface area contributed by atoms with E-state index in [1.54, 1.807) is 0 Å². The monoisotopic (exact) mass is 344 g/mol. The second kappa shape index (κ2) is 6.78. The van der Waals surface area contributed by atoms with Crippen molar-refractivity contribution in [2.75, 3.05) is 12.4 Å². The minimum Gasteiger partial charge on any atom is -0.506 e. The van der Waals surface area contributed by atoms with Gasteiger partial charge in [-0.2, -0.15) is 13.2 Å². The predicted octanol–water partition coefficient (Wildman–Crippen LogP) is 4.76. The number of nitrogens with one attached hydrogen (secondary N) is 1. The third kappa shape index (κ3) is 4.53. The number of halogens is 4. The molecule has 0 aliphatic carbocycles. The molecular formula is C15H12ClF3N2O2. The second-order valence-corrected chi connectivity index (χ2v) is 4.85. The highest BCUT2D eigenvalue weighted by Crippen LogP contribution is 2.29. The summed E-state index contributed by atoms with van der Waals surface area (Å²) in [7, 11) is 1.45. The Morgan fingerprint density at radius 2 is 1.83 bits per heavy atom. The Kier molecular flexibility index (Phi) is 5.00. The third-order valence-electron chi connectivity index (χ3n) is 2.79. The number of amidine groups is 1. The van der Waals surface area contributed by atoms with Gasteiger partial charge in [-0.3, -0.25) is 0 Å². The van der Waals surface area contributed by atoms with Crippen molar-refractivity contribution in [2.45, 2.75) is 6.18 Å². The van der Waals surface area contributed by atoms with Gasteiger partial charge in [0.1, 0.15) is 11.5 Å². The number of rotatable bonds is 3. The molecule has 4 nitrogen and oxygen atoms in total. The first-order chi connectivity index (χ1) is 10.8. The molecule has 0 amide bonds. The van der Waals surface area contributed by atoms with Crippen molar-refractivity contribution in [3.8, 4) is 11.5 Å². The number of aliphatic imine (C=N–C) groups is 1. The molecule has 0 unspecified atom stereocenters. The van der Waals surface area contributed by atoms with E-state index in [1.165, 1.54) is 49.6 Å². The van der Waals surface area contributed by atoms with Crippen molar-refractivity contribution in [2.24, 2.45) is 4.99 Å². The molecule has 0 heterocycles. The lowest BCUT2D eigenvalue weighted by atomic mass is 10.3. The first-order valence-corrected chi connectivity index (χ1v) is 6.73. The van der Waals surface area contributed by atoms with E-state index in [1.807, 2.05) is 0 Å². The molecule has 0 aliphatic rings. The van der Waals surface area contributed by atoms with Gasteiger partial charge in [0.25, 0.3) is 0 Å². The molecule has 0 aromatic heterocycles. The van der Waals surface area contributed by atoms with Crippen LogP contribution in [0.3, 0.4) is 0 Å². The van der Waals surface area contributed by atoms with Gasteiger partial charge in [0.2, 0.25) is 5.84 Å². The number of aromatic hydroxyl groups is 1. The van der Waals surface area contributed by atoms with Gasteiger partial charge >= 0.3 is 6.18 Å². The van der Waals surface area contributed by atoms with Gasteiger partial charge in [-0.25, -0.2) is 4.99 Å². The van der Waals surface area contributed by atoms with Crippen LogP contribution in [0, 0.1) is 0 Å². The molecular weight excluding hydrogens is 333 g/mol. The summed E-state index contributed by atoms with van der Waals surface area (Å²) in [5.41, 5.74) is 0.160. The Morgan fingerprint density at radius 1 is 1.17 bits per heavy atom. The Bertz CT molecular complexity index is 716. The van der Waals surface area contributed by atoms with Crippen LogP contribution in [-0.4, -0.2) is 24.2 Å². The normalized spacial score (nSPS) is 12.1. The van der Waals surface area contributed by atoms with Gasteiger partial charge in [0.05, 0.1) is 17.8 Å². The summed E-state index contributed by atoms with van der Waals surface area (Å²) in [4.78, 5) is 3.57. The Morgan fingerprint density at radius 3 is 2.35 bits per heavy atom. The van der Waals surface area contributed by atoms with Crippen molar-refractivity contribution in [1.82, 2.24) is 0 Å². The Hall–Kier alpha value is -2.41. The molecule has 0 aliphatic heterocycles. The topological polar surface area (TPSA) is 53.8 Å². The van der Waals surface area contributed by atoms with Crippen molar-refractivity contribution < 1.29 is 23.0 Å². The van der Waals surface area contributed by atoms with E-state index >= 15 is 0 Å². The van der Waals surface area contributed by atoms with E-state index in [0.29, 0.717) is 5.75 Å². The second-order valence-electron chi connectivity index (χ2n) is 4.45. The lowest BCUT2D eigenvalue weighted by Crippen LogP contribution is -2.30. The molecule has 0 saturated heterocycles. The minimum absolute atomic E-state index is 0.0531. The minimum atomic E-state index is -4.69. The zero-order chi connectivity index (χ0) is 17.0. The van der Waals surface area contributed by atoms with Crippen LogP contribution in [0.5, 0.6) is 11.5 Å². The highest BCUT2D eigenvalue weighted by molar-refractivity contribution is 6.32. The SMILES string of the molecule is COc1ccc(N=C(Nc2ccc(O)c(Cl)c2)C(F)(F)F)cc1. The van der Waals surface area contributed by atoms with Gasteiger partial charge in [0.15, 0.2) is 0 Å². The van der Waals surface area contributed by atoms with E-state index < -0.39 is 12.0 Å². The molecule has 0 saturated carbocycles. The number of phenolic OH excluding ortho intramolecular Hbond substituents is 1. The Balaban J connectivity index is 2.32. The summed E-state index contributed by atoms with van der Waals surface area (Å²) in [6.07, 6.45) is -4.69. The number of anilines is 1. The first kappa shape index (κ1) is 17.0. The van der Waals surface area contributed by atoms with Gasteiger partial charge in [-0.05, 0) is 42.5 Å². The van der Waals surface area contributed by atoms with Crippen LogP contribution < -0.4 is 10.1 Å². The molecule has 2 aromatic rings. The van der Waals surface area contributed by atoms with E-state index in [0.717, 1.165) is 0 Å². The molecule has 0 radical (unpaired) electrons. The van der Waals surface area contributed by atoms with Gasteiger partial charge < -0.3 is 15.2 Å². The number of ether oxygens (including phenoxy) is 1. The highest BCUT2D eigenvalue weighted by atomic mass is 35.5. The maximum Gasteiger partial charge on any atom is 0.449 e. The van der Waals surface area contributed by atoms with Crippen LogP contribution in [0.15, 0.2) is 47.5 Å². The molecule has 0 bridgehead atoms. The lowest BCUT2D eigenvalue weighted by Gasteiger charge is -2.13. The zero-order valence-corrected chi connectivity index (χ0v) is 12.6. The maximum absolute atomic E-state index is 13.1. The fourth-order valence-corrected chi connectivity index (χ4v) is 1.85. The van der Waals surface area contributed by atoms with Gasteiger partial charge in [-0.1, -0.05) is 11.6 Å². The van der Waals surface area contributed by atoms with Crippen LogP contribution in [0.1, 0.15) is 0 Å². The summed E-state index contributed by atoms with van der Waals surface area (Å²) in [5, 5.41) is 11.4. The smallest absolute Gasteiger partial charge is 0.449 e. The number of benzene rings is 2. The first-order valence-electron chi connectivity index (χ1n) is 6.35. The van der Waals surface area contributed by atoms with E-state index in [-0.39, 0.29) is 22.1 Å². The lowest BCUT2D eigenvalue weighted by molar-refractivity contribution is -0.0586. The number of phenols is 1. The third-order valence-corrected chi connectivity index (χ3v) is 3.09. The summed E-state index contributed by atoms with van der Waals surface area (Å²) in [5.74, 6) is -0.918. The Labute approximate surface area is 135 Å². The highest BCUT2D eigenvalue weighted by Gasteiger charge is 2.36. The van der Waals surface area contributed by atoms with Crippen LogP contribution in [0.25, 0.3) is 0 Å². The van der Waals surface area contributed by atoms with Gasteiger partial charge in [-0.15, -0.1) is 0 Å². The summed E-state index contributed by atoms with van der Waals surface area (Å²) in [6.45, 7) is 0. The van der Waals surface area contributed by atoms with E-state index in [9.17, 15) is 18.3 Å². The quantitative estimate of drug-likeness (QED) is 0.479. The van der Waals surface area contributed by atoms with Crippen LogP contribution in [0.2, 0.25) is 5.02 Å². The van der Waals surface area contributed by atoms with Crippen LogP contribution in [0.4, 0.5) is 24.5 Å². The van der Waals surface area contributed by atoms with Crippen molar-refractivity contribution in [3.05, 3.63) is 47.5 Å². The number of nitrogens with zero attached hydrogens (tertiary/aromatic N) is 1. The number of methoxy groups -OCH3 is 1. The van der Waals surface area contributed by atoms with Crippen molar-refractivity contribution >= 4 is 28.8 Å². The zero-order valence-electron chi connectivity index (χ0n) is 11.9. The summed E-state index contributed by atoms with van der Waals surface area (Å²) in [6, 6.07) is 9.43. The molecule has 122 valence electrons. The largest absolute Gasteiger partial charge is 0.506 e. The molecule has 0 atom stereocenters. The van der Waals surface area contributed by atoms with Crippen molar-refractivity contribution in [3.63, 3.8) is 0 Å². The molecule has 2 aromatic carbocycles. The van der Waals surface area contributed by atoms with Crippen molar-refractivity contribution in [1.29, 1.82) is 0 Å². The standard InChI is InChI=1S/C15H12ClF3N2O2/c1-23-11-5-2-9(3-6-11)20-14(15(17,18)19)21-10-4-7-13(22)12(16)8-10/h2-8,22H,1H3,(H,20,21). The molecule has 0 fully saturated rings. The molecule has 23 heavy (non-hydrogen) atoms. The molecule has 2 N–H and O–H groups in total. The van der Waals surface area contributed by atoms with Gasteiger partial charge in [0, 0.05) is 5.69 Å². The van der Waals surface area contributed by atoms with E-state index in [2.05, 4.69) is 10.3 Å². The number of alkyl halides is 3. The van der Waals surface area contributed by atoms with Crippen LogP contribution in [-0.2, 0) is 0 Å². The molecule has 0 spiro atoms. The fraction of sp³-hybridized carbons (Fsp3) is 0.133. The summed E-state index contributed by atoms with van der Waals surface area (Å²) >= 11 is 5.68. The number of hydrogen-bond donors (Lipinski definition) is 2. The van der Waals surface area contributed by atoms with E-state index in [4.69, 9.17) is 16.3 Å². The molecule has 8 heteroatoms. The fourth-order valence-electron chi connectivity index (χ4n) is 1.67. The molecule has 2 rings (SSSR count). The predicted molar refractivity (Wildman–Crippen MR) is 82.9 cm³/mol. The average molecular weight is 345 g/mol. The number of hydrogen-bond acceptors (Lipinski definition) is 3. The average Bonchev–Trinajstić information content (AvgIpc) is 2.50. The maximum atomic E-state index is 13.1.